The number of aromatic nitrogens is 6. The zero-order valence-electron chi connectivity index (χ0n) is 24.4. The van der Waals surface area contributed by atoms with Crippen molar-refractivity contribution in [3.8, 4) is 11.4 Å². The Morgan fingerprint density at radius 2 is 2.02 bits per heavy atom. The Morgan fingerprint density at radius 1 is 1.22 bits per heavy atom. The standard InChI is InChI=1S/C30H29BFN9O3S/c1-29(31,32)30(10-11-30)21-9-5-8-20-23(21)36-27(41-25(20)37-24(38-41)19-14-34-40(45)15-19)35-22-16-39(13-12-33-26(22)42)28(43)44-17-18-6-3-2-4-7-18/h2-9,14-15,22,45H,10-13,16-17H2,1H3,(H,33,42)(H,35,36)/t22-,29?/m1/s1. The third kappa shape index (κ3) is 5.34. The number of thiol groups is 1. The Labute approximate surface area is 264 Å². The van der Waals surface area contributed by atoms with Crippen LogP contribution in [-0.4, -0.2) is 84.8 Å². The van der Waals surface area contributed by atoms with Crippen LogP contribution >= 0.6 is 12.8 Å². The van der Waals surface area contributed by atoms with E-state index in [2.05, 4.69) is 28.5 Å². The molecule has 2 N–H and O–H groups in total. The van der Waals surface area contributed by atoms with Gasteiger partial charge in [-0.15, -0.1) is 5.10 Å². The van der Waals surface area contributed by atoms with Gasteiger partial charge >= 0.3 is 6.09 Å². The molecule has 1 aliphatic heterocycles. The van der Waals surface area contributed by atoms with Gasteiger partial charge in [-0.1, -0.05) is 42.5 Å². The smallest absolute Gasteiger partial charge is 0.410 e. The van der Waals surface area contributed by atoms with Gasteiger partial charge in [0.1, 0.15) is 20.5 Å². The Balaban J connectivity index is 1.28. The molecule has 4 heterocycles. The highest BCUT2D eigenvalue weighted by Gasteiger charge is 2.56. The summed E-state index contributed by atoms with van der Waals surface area (Å²) in [6, 6.07) is 13.9. The van der Waals surface area contributed by atoms with Gasteiger partial charge in [0.2, 0.25) is 11.9 Å². The third-order valence-electron chi connectivity index (χ3n) is 8.50. The number of hydrogen-bond acceptors (Lipinski definition) is 9. The minimum absolute atomic E-state index is 0.00554. The Morgan fingerprint density at radius 3 is 2.73 bits per heavy atom. The molecule has 2 radical (unpaired) electrons. The number of fused-ring (bicyclic) bond motifs is 3. The quantitative estimate of drug-likeness (QED) is 0.186. The lowest BCUT2D eigenvalue weighted by atomic mass is 9.68. The maximum absolute atomic E-state index is 15.4. The topological polar surface area (TPSA) is 132 Å². The van der Waals surface area contributed by atoms with Gasteiger partial charge in [0.25, 0.3) is 0 Å². The molecule has 7 rings (SSSR count). The lowest BCUT2D eigenvalue weighted by Crippen LogP contribution is -2.44. The summed E-state index contributed by atoms with van der Waals surface area (Å²) in [7, 11) is 6.06. The van der Waals surface area contributed by atoms with Crippen molar-refractivity contribution in [3.05, 3.63) is 72.1 Å². The van der Waals surface area contributed by atoms with Gasteiger partial charge in [0.15, 0.2) is 11.5 Å². The van der Waals surface area contributed by atoms with Crippen LogP contribution in [0.4, 0.5) is 15.1 Å². The molecule has 1 aliphatic carbocycles. The van der Waals surface area contributed by atoms with Crippen LogP contribution in [0.3, 0.4) is 0 Å². The molecular weight excluding hydrogens is 596 g/mol. The summed E-state index contributed by atoms with van der Waals surface area (Å²) >= 11 is 4.23. The first-order chi connectivity index (χ1) is 21.6. The summed E-state index contributed by atoms with van der Waals surface area (Å²) in [6.07, 6.45) is 3.82. The van der Waals surface area contributed by atoms with Crippen LogP contribution < -0.4 is 10.6 Å². The fourth-order valence-corrected chi connectivity index (χ4v) is 6.06. The molecule has 2 aliphatic rings. The lowest BCUT2D eigenvalue weighted by molar-refractivity contribution is -0.121. The van der Waals surface area contributed by atoms with Crippen molar-refractivity contribution in [3.63, 3.8) is 0 Å². The predicted octanol–water partition coefficient (Wildman–Crippen LogP) is 3.27. The molecule has 3 aromatic heterocycles. The molecule has 228 valence electrons. The zero-order chi connectivity index (χ0) is 31.3. The fourth-order valence-electron chi connectivity index (χ4n) is 5.88. The number of halogens is 1. The molecule has 2 aromatic carbocycles. The number of carbonyl (C=O) groups is 2. The summed E-state index contributed by atoms with van der Waals surface area (Å²) in [4.78, 5) is 37.5. The van der Waals surface area contributed by atoms with E-state index in [4.69, 9.17) is 27.6 Å². The van der Waals surface area contributed by atoms with Crippen molar-refractivity contribution in [2.24, 2.45) is 0 Å². The minimum Gasteiger partial charge on any atom is -0.445 e. The van der Waals surface area contributed by atoms with E-state index in [-0.39, 0.29) is 38.1 Å². The number of amides is 2. The Hall–Kier alpha value is -4.66. The van der Waals surface area contributed by atoms with E-state index in [1.807, 2.05) is 48.5 Å². The first-order valence-electron chi connectivity index (χ1n) is 14.5. The molecule has 2 fully saturated rings. The molecule has 45 heavy (non-hydrogen) atoms. The maximum atomic E-state index is 15.4. The second kappa shape index (κ2) is 11.1. The number of alkyl halides is 1. The van der Waals surface area contributed by atoms with Crippen molar-refractivity contribution < 1.29 is 18.7 Å². The first-order valence-corrected chi connectivity index (χ1v) is 14.9. The van der Waals surface area contributed by atoms with E-state index in [0.717, 1.165) is 5.56 Å². The second-order valence-electron chi connectivity index (χ2n) is 11.6. The summed E-state index contributed by atoms with van der Waals surface area (Å²) in [6.45, 7) is 2.00. The van der Waals surface area contributed by atoms with E-state index in [1.165, 1.54) is 20.4 Å². The summed E-state index contributed by atoms with van der Waals surface area (Å²) < 4.78 is 23.8. The summed E-state index contributed by atoms with van der Waals surface area (Å²) in [5, 5.41) is 15.5. The van der Waals surface area contributed by atoms with Crippen LogP contribution in [0.2, 0.25) is 0 Å². The average molecular weight is 625 g/mol. The van der Waals surface area contributed by atoms with E-state index in [0.29, 0.717) is 46.3 Å². The summed E-state index contributed by atoms with van der Waals surface area (Å²) in [5.74, 6) is 0.213. The van der Waals surface area contributed by atoms with E-state index in [1.54, 1.807) is 12.4 Å². The van der Waals surface area contributed by atoms with Crippen LogP contribution in [-0.2, 0) is 21.6 Å². The van der Waals surface area contributed by atoms with Gasteiger partial charge in [-0.25, -0.2) is 18.8 Å². The predicted molar refractivity (Wildman–Crippen MR) is 169 cm³/mol. The molecule has 15 heteroatoms. The average Bonchev–Trinajstić information content (AvgIpc) is 3.61. The number of carbonyl (C=O) groups excluding carboxylic acids is 2. The van der Waals surface area contributed by atoms with Crippen LogP contribution in [0.5, 0.6) is 0 Å². The van der Waals surface area contributed by atoms with Gasteiger partial charge in [0, 0.05) is 30.1 Å². The highest BCUT2D eigenvalue weighted by Crippen LogP contribution is 2.57. The van der Waals surface area contributed by atoms with Crippen LogP contribution in [0.15, 0.2) is 60.9 Å². The fraction of sp³-hybridized carbons (Fsp3) is 0.333. The van der Waals surface area contributed by atoms with Crippen molar-refractivity contribution >= 4 is 55.2 Å². The highest BCUT2D eigenvalue weighted by molar-refractivity contribution is 7.78. The van der Waals surface area contributed by atoms with Crippen molar-refractivity contribution in [1.82, 2.24) is 39.0 Å². The molecule has 5 aromatic rings. The highest BCUT2D eigenvalue weighted by atomic mass is 32.1. The van der Waals surface area contributed by atoms with Gasteiger partial charge < -0.3 is 20.3 Å². The number of nitrogens with zero attached hydrogens (tertiary/aromatic N) is 7. The number of nitrogens with one attached hydrogen (secondary N) is 2. The van der Waals surface area contributed by atoms with E-state index >= 15 is 4.39 Å². The largest absolute Gasteiger partial charge is 0.445 e. The SMILES string of the molecule is [B]C(C)(F)C1(c2cccc3c2nc(N[C@@H]2CN(C(=O)OCc4ccccc4)CCNC2=O)n2nc(-c4cnn(S)c4)nc32)CC1. The first kappa shape index (κ1) is 29.1. The van der Waals surface area contributed by atoms with Crippen molar-refractivity contribution in [2.45, 2.75) is 43.4 Å². The zero-order valence-corrected chi connectivity index (χ0v) is 25.2. The normalized spacial score (nSPS) is 19.1. The molecule has 1 unspecified atom stereocenters. The molecule has 2 amide bonds. The second-order valence-corrected chi connectivity index (χ2v) is 12.0. The van der Waals surface area contributed by atoms with Crippen LogP contribution in [0.25, 0.3) is 27.9 Å². The molecule has 1 saturated heterocycles. The van der Waals surface area contributed by atoms with Gasteiger partial charge in [-0.05, 0) is 49.8 Å². The van der Waals surface area contributed by atoms with Gasteiger partial charge in [0.05, 0.1) is 29.4 Å². The molecular formula is C30H29BFN9O3S. The molecule has 0 bridgehead atoms. The number of benzene rings is 2. The maximum Gasteiger partial charge on any atom is 0.410 e. The third-order valence-corrected chi connectivity index (χ3v) is 8.72. The van der Waals surface area contributed by atoms with Crippen molar-refractivity contribution in [1.29, 1.82) is 0 Å². The van der Waals surface area contributed by atoms with Gasteiger partial charge in [-0.2, -0.15) is 9.61 Å². The molecule has 2 atom stereocenters. The van der Waals surface area contributed by atoms with Crippen molar-refractivity contribution in [2.75, 3.05) is 25.0 Å². The van der Waals surface area contributed by atoms with Crippen LogP contribution in [0.1, 0.15) is 30.9 Å². The van der Waals surface area contributed by atoms with Gasteiger partial charge in [-0.3, -0.25) is 9.18 Å². The number of anilines is 1. The Bertz CT molecular complexity index is 1920. The van der Waals surface area contributed by atoms with E-state index < -0.39 is 23.1 Å². The molecule has 12 nitrogen and oxygen atoms in total. The number of ether oxygens (including phenoxy) is 1. The minimum atomic E-state index is -1.98. The van der Waals surface area contributed by atoms with Crippen LogP contribution in [0, 0.1) is 0 Å². The summed E-state index contributed by atoms with van der Waals surface area (Å²) in [5.41, 5.74) is 0.157. The number of rotatable bonds is 7. The monoisotopic (exact) mass is 625 g/mol. The number of hydrogen-bond donors (Lipinski definition) is 3. The Kier molecular flexibility index (Phi) is 7.14. The molecule has 1 saturated carbocycles. The lowest BCUT2D eigenvalue weighted by Gasteiger charge is -2.29. The molecule has 0 spiro atoms. The number of para-hydroxylation sites is 1. The van der Waals surface area contributed by atoms with E-state index in [9.17, 15) is 9.59 Å².